The molecule has 0 radical (unpaired) electrons. The van der Waals surface area contributed by atoms with E-state index in [4.69, 9.17) is 5.11 Å². The van der Waals surface area contributed by atoms with Crippen LogP contribution in [0.25, 0.3) is 0 Å². The molecule has 0 aliphatic heterocycles. The van der Waals surface area contributed by atoms with E-state index >= 15 is 0 Å². The number of nitrogens with zero attached hydrogens (tertiary/aromatic N) is 1. The maximum Gasteiger partial charge on any atom is 0.314 e. The van der Waals surface area contributed by atoms with Crippen LogP contribution in [0, 0.1) is 6.92 Å². The highest BCUT2D eigenvalue weighted by atomic mass is 16.3. The Labute approximate surface area is 112 Å². The predicted molar refractivity (Wildman–Crippen MR) is 71.6 cm³/mol. The zero-order valence-corrected chi connectivity index (χ0v) is 11.0. The van der Waals surface area contributed by atoms with Gasteiger partial charge in [0.15, 0.2) is 0 Å². The highest BCUT2D eigenvalue weighted by Crippen LogP contribution is 2.03. The molecule has 0 saturated heterocycles. The number of carbonyl (C=O) groups excluding carboxylic acids is 2. The Morgan fingerprint density at radius 2 is 2.00 bits per heavy atom. The Balaban J connectivity index is 2.31. The van der Waals surface area contributed by atoms with Crippen molar-refractivity contribution in [3.05, 3.63) is 23.9 Å². The second kappa shape index (κ2) is 8.20. The van der Waals surface area contributed by atoms with Gasteiger partial charge in [-0.25, -0.2) is 4.98 Å². The number of unbranched alkanes of at least 4 members (excludes halogenated alkanes) is 2. The quantitative estimate of drug-likeness (QED) is 0.519. The molecular weight excluding hydrogens is 246 g/mol. The number of aliphatic hydroxyl groups is 1. The topological polar surface area (TPSA) is 91.3 Å². The molecule has 0 aliphatic carbocycles. The number of carbonyl (C=O) groups is 2. The van der Waals surface area contributed by atoms with Crippen LogP contribution in [0.5, 0.6) is 0 Å². The number of rotatable bonds is 6. The third-order valence-electron chi connectivity index (χ3n) is 2.46. The molecule has 1 heterocycles. The average Bonchev–Trinajstić information content (AvgIpc) is 2.38. The van der Waals surface area contributed by atoms with Gasteiger partial charge in [-0.2, -0.15) is 0 Å². The van der Waals surface area contributed by atoms with Crippen molar-refractivity contribution in [2.45, 2.75) is 26.2 Å². The molecule has 0 saturated carbocycles. The van der Waals surface area contributed by atoms with Crippen LogP contribution >= 0.6 is 0 Å². The number of amides is 2. The highest BCUT2D eigenvalue weighted by molar-refractivity contribution is 6.39. The smallest absolute Gasteiger partial charge is 0.314 e. The van der Waals surface area contributed by atoms with E-state index < -0.39 is 11.8 Å². The summed E-state index contributed by atoms with van der Waals surface area (Å²) in [6.07, 6.45) is 2.26. The summed E-state index contributed by atoms with van der Waals surface area (Å²) in [5.41, 5.74) is 0.766. The van der Waals surface area contributed by atoms with E-state index in [2.05, 4.69) is 15.6 Å². The summed E-state index contributed by atoms with van der Waals surface area (Å²) >= 11 is 0. The van der Waals surface area contributed by atoms with Crippen LogP contribution in [-0.2, 0) is 9.59 Å². The summed E-state index contributed by atoms with van der Waals surface area (Å²) in [6, 6.07) is 5.18. The van der Waals surface area contributed by atoms with E-state index in [-0.39, 0.29) is 6.61 Å². The number of pyridine rings is 1. The zero-order chi connectivity index (χ0) is 14.1. The van der Waals surface area contributed by atoms with Gasteiger partial charge in [-0.15, -0.1) is 0 Å². The molecule has 1 rings (SSSR count). The molecule has 104 valence electrons. The van der Waals surface area contributed by atoms with E-state index in [1.165, 1.54) is 0 Å². The lowest BCUT2D eigenvalue weighted by Crippen LogP contribution is -2.36. The van der Waals surface area contributed by atoms with E-state index in [1.54, 1.807) is 25.1 Å². The molecule has 6 nitrogen and oxygen atoms in total. The monoisotopic (exact) mass is 265 g/mol. The third-order valence-corrected chi connectivity index (χ3v) is 2.46. The molecule has 1 aromatic heterocycles. The van der Waals surface area contributed by atoms with E-state index in [0.717, 1.165) is 18.5 Å². The summed E-state index contributed by atoms with van der Waals surface area (Å²) in [4.78, 5) is 27.1. The fraction of sp³-hybridized carbons (Fsp3) is 0.462. The van der Waals surface area contributed by atoms with Crippen LogP contribution in [0.1, 0.15) is 25.0 Å². The van der Waals surface area contributed by atoms with Crippen molar-refractivity contribution in [2.75, 3.05) is 18.5 Å². The van der Waals surface area contributed by atoms with Gasteiger partial charge in [0.2, 0.25) is 0 Å². The normalized spacial score (nSPS) is 10.0. The number of aryl methyl sites for hydroxylation is 1. The highest BCUT2D eigenvalue weighted by Gasteiger charge is 2.13. The number of aromatic nitrogens is 1. The van der Waals surface area contributed by atoms with Crippen LogP contribution in [-0.4, -0.2) is 35.1 Å². The van der Waals surface area contributed by atoms with Crippen molar-refractivity contribution in [3.8, 4) is 0 Å². The number of hydrogen-bond acceptors (Lipinski definition) is 4. The lowest BCUT2D eigenvalue weighted by molar-refractivity contribution is -0.136. The fourth-order valence-electron chi connectivity index (χ4n) is 1.48. The van der Waals surface area contributed by atoms with Crippen molar-refractivity contribution < 1.29 is 14.7 Å². The van der Waals surface area contributed by atoms with Crippen LogP contribution < -0.4 is 10.6 Å². The first kappa shape index (κ1) is 15.1. The largest absolute Gasteiger partial charge is 0.396 e. The van der Waals surface area contributed by atoms with Crippen molar-refractivity contribution in [1.29, 1.82) is 0 Å². The minimum Gasteiger partial charge on any atom is -0.396 e. The number of aliphatic hydroxyl groups excluding tert-OH is 1. The molecule has 0 spiro atoms. The minimum atomic E-state index is -0.722. The van der Waals surface area contributed by atoms with Gasteiger partial charge in [-0.05, 0) is 38.3 Å². The summed E-state index contributed by atoms with van der Waals surface area (Å²) in [5, 5.41) is 13.5. The average molecular weight is 265 g/mol. The Morgan fingerprint density at radius 1 is 1.21 bits per heavy atom. The van der Waals surface area contributed by atoms with Gasteiger partial charge in [0.25, 0.3) is 0 Å². The van der Waals surface area contributed by atoms with Crippen molar-refractivity contribution in [3.63, 3.8) is 0 Å². The van der Waals surface area contributed by atoms with Crippen LogP contribution in [0.2, 0.25) is 0 Å². The first-order valence-corrected chi connectivity index (χ1v) is 6.27. The second-order valence-corrected chi connectivity index (χ2v) is 4.16. The molecule has 0 fully saturated rings. The molecule has 0 bridgehead atoms. The summed E-state index contributed by atoms with van der Waals surface area (Å²) in [7, 11) is 0. The van der Waals surface area contributed by atoms with E-state index in [0.29, 0.717) is 18.8 Å². The van der Waals surface area contributed by atoms with Gasteiger partial charge < -0.3 is 15.7 Å². The zero-order valence-electron chi connectivity index (χ0n) is 11.0. The van der Waals surface area contributed by atoms with Crippen molar-refractivity contribution >= 4 is 17.6 Å². The minimum absolute atomic E-state index is 0.146. The first-order chi connectivity index (χ1) is 9.13. The Bertz CT molecular complexity index is 435. The molecule has 6 heteroatoms. The van der Waals surface area contributed by atoms with Crippen LogP contribution in [0.4, 0.5) is 5.82 Å². The first-order valence-electron chi connectivity index (χ1n) is 6.27. The van der Waals surface area contributed by atoms with Gasteiger partial charge in [-0.3, -0.25) is 9.59 Å². The fourth-order valence-corrected chi connectivity index (χ4v) is 1.48. The number of hydrogen-bond donors (Lipinski definition) is 3. The Hall–Kier alpha value is -1.95. The van der Waals surface area contributed by atoms with E-state index in [1.807, 2.05) is 0 Å². The molecule has 19 heavy (non-hydrogen) atoms. The van der Waals surface area contributed by atoms with Crippen LogP contribution in [0.3, 0.4) is 0 Å². The lowest BCUT2D eigenvalue weighted by Gasteiger charge is -2.06. The van der Waals surface area contributed by atoms with Gasteiger partial charge in [-0.1, -0.05) is 6.07 Å². The molecule has 3 N–H and O–H groups in total. The SMILES string of the molecule is Cc1cccc(NC(=O)C(=O)NCCCCCO)n1. The Kier molecular flexibility index (Phi) is 6.52. The lowest BCUT2D eigenvalue weighted by atomic mass is 10.2. The molecule has 0 atom stereocenters. The van der Waals surface area contributed by atoms with Crippen molar-refractivity contribution in [1.82, 2.24) is 10.3 Å². The molecule has 0 unspecified atom stereocenters. The van der Waals surface area contributed by atoms with Crippen LogP contribution in [0.15, 0.2) is 18.2 Å². The van der Waals surface area contributed by atoms with Gasteiger partial charge in [0.05, 0.1) is 0 Å². The molecule has 0 aromatic carbocycles. The summed E-state index contributed by atoms with van der Waals surface area (Å²) in [6.45, 7) is 2.37. The number of nitrogens with one attached hydrogen (secondary N) is 2. The van der Waals surface area contributed by atoms with Crippen molar-refractivity contribution in [2.24, 2.45) is 0 Å². The maximum atomic E-state index is 11.5. The third kappa shape index (κ3) is 5.96. The summed E-state index contributed by atoms with van der Waals surface area (Å²) < 4.78 is 0. The molecule has 0 aliphatic rings. The maximum absolute atomic E-state index is 11.5. The second-order valence-electron chi connectivity index (χ2n) is 4.16. The Morgan fingerprint density at radius 3 is 2.68 bits per heavy atom. The number of anilines is 1. The predicted octanol–water partition coefficient (Wildman–Crippen LogP) is 0.607. The van der Waals surface area contributed by atoms with Gasteiger partial charge in [0, 0.05) is 18.8 Å². The van der Waals surface area contributed by atoms with Gasteiger partial charge >= 0.3 is 11.8 Å². The van der Waals surface area contributed by atoms with Gasteiger partial charge in [0.1, 0.15) is 5.82 Å². The molecule has 2 amide bonds. The summed E-state index contributed by atoms with van der Waals surface area (Å²) in [5.74, 6) is -1.03. The van der Waals surface area contributed by atoms with E-state index in [9.17, 15) is 9.59 Å². The molecular formula is C13H19N3O3. The molecule has 1 aromatic rings. The standard InChI is InChI=1S/C13H19N3O3/c1-10-6-5-7-11(15-10)16-13(19)12(18)14-8-3-2-4-9-17/h5-7,17H,2-4,8-9H2,1H3,(H,14,18)(H,15,16,19).